The van der Waals surface area contributed by atoms with Gasteiger partial charge in [-0.2, -0.15) is 0 Å². The van der Waals surface area contributed by atoms with Gasteiger partial charge in [0.1, 0.15) is 0 Å². The second-order valence-electron chi connectivity index (χ2n) is 11.4. The lowest BCUT2D eigenvalue weighted by Gasteiger charge is -2.26. The maximum Gasteiger partial charge on any atom is 0.0476 e. The highest BCUT2D eigenvalue weighted by atomic mass is 32.1. The number of thiophene rings is 1. The van der Waals surface area contributed by atoms with Crippen LogP contribution in [-0.4, -0.2) is 0 Å². The van der Waals surface area contributed by atoms with Gasteiger partial charge < -0.3 is 4.90 Å². The van der Waals surface area contributed by atoms with Crippen LogP contribution in [-0.2, 0) is 0 Å². The van der Waals surface area contributed by atoms with E-state index >= 15 is 0 Å². The van der Waals surface area contributed by atoms with Crippen molar-refractivity contribution in [2.24, 2.45) is 0 Å². The molecule has 1 nitrogen and oxygen atoms in total. The van der Waals surface area contributed by atoms with Crippen LogP contribution in [0.1, 0.15) is 0 Å². The minimum Gasteiger partial charge on any atom is -0.310 e. The predicted molar refractivity (Wildman–Crippen MR) is 192 cm³/mol. The molecule has 0 fully saturated rings. The summed E-state index contributed by atoms with van der Waals surface area (Å²) in [6.45, 7) is 0. The first-order chi connectivity index (χ1) is 21.8. The summed E-state index contributed by atoms with van der Waals surface area (Å²) in [5.41, 5.74) is 5.85. The van der Waals surface area contributed by atoms with E-state index in [0.29, 0.717) is 0 Å². The van der Waals surface area contributed by atoms with Gasteiger partial charge in [-0.05, 0) is 79.8 Å². The molecule has 2 heteroatoms. The Morgan fingerprint density at radius 2 is 0.932 bits per heavy atom. The maximum atomic E-state index is 2.41. The van der Waals surface area contributed by atoms with Crippen LogP contribution >= 0.6 is 11.3 Å². The van der Waals surface area contributed by atoms with Gasteiger partial charge in [0.05, 0.1) is 0 Å². The van der Waals surface area contributed by atoms with Gasteiger partial charge in [-0.15, -0.1) is 11.3 Å². The Morgan fingerprint density at radius 1 is 0.341 bits per heavy atom. The lowest BCUT2D eigenvalue weighted by molar-refractivity contribution is 1.30. The van der Waals surface area contributed by atoms with Crippen molar-refractivity contribution in [2.75, 3.05) is 4.90 Å². The van der Waals surface area contributed by atoms with Crippen LogP contribution in [0.2, 0.25) is 0 Å². The van der Waals surface area contributed by atoms with Crippen molar-refractivity contribution in [3.63, 3.8) is 0 Å². The fourth-order valence-electron chi connectivity index (χ4n) is 6.67. The summed E-state index contributed by atoms with van der Waals surface area (Å²) in [6, 6.07) is 59.7. The highest BCUT2D eigenvalue weighted by molar-refractivity contribution is 7.26. The third kappa shape index (κ3) is 4.07. The molecular formula is C42H27NS. The lowest BCUT2D eigenvalue weighted by Crippen LogP contribution is -2.10. The highest BCUT2D eigenvalue weighted by Gasteiger charge is 2.17. The van der Waals surface area contributed by atoms with Crippen molar-refractivity contribution >= 4 is 80.9 Å². The number of hydrogen-bond donors (Lipinski definition) is 0. The fourth-order valence-corrected chi connectivity index (χ4v) is 7.95. The molecule has 0 aliphatic heterocycles. The van der Waals surface area contributed by atoms with Crippen LogP contribution in [0.25, 0.3) is 63.6 Å². The molecule has 1 aromatic heterocycles. The molecule has 0 saturated carbocycles. The Labute approximate surface area is 259 Å². The Balaban J connectivity index is 1.26. The van der Waals surface area contributed by atoms with Crippen molar-refractivity contribution < 1.29 is 0 Å². The number of hydrogen-bond acceptors (Lipinski definition) is 2. The van der Waals surface area contributed by atoms with Gasteiger partial charge in [-0.3, -0.25) is 0 Å². The number of benzene rings is 8. The molecule has 0 spiro atoms. The summed E-state index contributed by atoms with van der Waals surface area (Å²) in [5.74, 6) is 0. The normalized spacial score (nSPS) is 11.6. The first-order valence-electron chi connectivity index (χ1n) is 15.0. The zero-order valence-corrected chi connectivity index (χ0v) is 24.8. The van der Waals surface area contributed by atoms with Gasteiger partial charge in [0.2, 0.25) is 0 Å². The van der Waals surface area contributed by atoms with Crippen molar-refractivity contribution in [1.82, 2.24) is 0 Å². The number of rotatable bonds is 4. The third-order valence-corrected chi connectivity index (χ3v) is 10.0. The van der Waals surface area contributed by atoms with Crippen molar-refractivity contribution in [3.05, 3.63) is 164 Å². The van der Waals surface area contributed by atoms with Crippen LogP contribution in [0.4, 0.5) is 17.1 Å². The van der Waals surface area contributed by atoms with Gasteiger partial charge >= 0.3 is 0 Å². The SMILES string of the molecule is c1ccc(-c2cccc(N(c3ccc4c(ccc5ccccc54)c3)c3ccc4c(c3)sc3c5ccccc5ccc43)c2)cc1. The third-order valence-electron chi connectivity index (χ3n) is 8.80. The van der Waals surface area contributed by atoms with Crippen molar-refractivity contribution in [2.45, 2.75) is 0 Å². The summed E-state index contributed by atoms with van der Waals surface area (Å²) in [7, 11) is 0. The highest BCUT2D eigenvalue weighted by Crippen LogP contribution is 2.43. The molecule has 0 bridgehead atoms. The molecule has 9 rings (SSSR count). The molecule has 0 radical (unpaired) electrons. The zero-order valence-electron chi connectivity index (χ0n) is 23.9. The Morgan fingerprint density at radius 3 is 1.80 bits per heavy atom. The molecule has 206 valence electrons. The average Bonchev–Trinajstić information content (AvgIpc) is 3.47. The average molecular weight is 578 g/mol. The molecule has 0 unspecified atom stereocenters. The second kappa shape index (κ2) is 10.1. The van der Waals surface area contributed by atoms with Crippen molar-refractivity contribution in [1.29, 1.82) is 0 Å². The summed E-state index contributed by atoms with van der Waals surface area (Å²) in [4.78, 5) is 2.41. The van der Waals surface area contributed by atoms with E-state index in [1.807, 2.05) is 11.3 Å². The molecule has 44 heavy (non-hydrogen) atoms. The molecule has 0 saturated heterocycles. The number of fused-ring (bicyclic) bond motifs is 8. The Bertz CT molecular complexity index is 2510. The first kappa shape index (κ1) is 25.1. The number of anilines is 3. The molecule has 0 aliphatic carbocycles. The molecular weight excluding hydrogens is 551 g/mol. The minimum absolute atomic E-state index is 1.14. The quantitative estimate of drug-likeness (QED) is 0.188. The largest absolute Gasteiger partial charge is 0.310 e. The van der Waals surface area contributed by atoms with E-state index in [9.17, 15) is 0 Å². The molecule has 0 amide bonds. The molecule has 8 aromatic carbocycles. The Hall–Kier alpha value is -5.44. The zero-order chi connectivity index (χ0) is 29.0. The fraction of sp³-hybridized carbons (Fsp3) is 0. The summed E-state index contributed by atoms with van der Waals surface area (Å²) in [5, 5.41) is 10.3. The minimum atomic E-state index is 1.14. The lowest BCUT2D eigenvalue weighted by atomic mass is 10.0. The first-order valence-corrected chi connectivity index (χ1v) is 15.8. The molecule has 0 atom stereocenters. The molecule has 9 aromatic rings. The summed E-state index contributed by atoms with van der Waals surface area (Å²) >= 11 is 1.89. The number of nitrogens with zero attached hydrogens (tertiary/aromatic N) is 1. The van der Waals surface area contributed by atoms with E-state index in [4.69, 9.17) is 0 Å². The topological polar surface area (TPSA) is 3.24 Å². The van der Waals surface area contributed by atoms with Crippen molar-refractivity contribution in [3.8, 4) is 11.1 Å². The van der Waals surface area contributed by atoms with Crippen LogP contribution in [0.5, 0.6) is 0 Å². The van der Waals surface area contributed by atoms with E-state index in [0.717, 1.165) is 17.1 Å². The van der Waals surface area contributed by atoms with E-state index in [-0.39, 0.29) is 0 Å². The monoisotopic (exact) mass is 577 g/mol. The molecule has 1 heterocycles. The summed E-state index contributed by atoms with van der Waals surface area (Å²) < 4.78 is 2.65. The van der Waals surface area contributed by atoms with E-state index in [1.165, 1.54) is 63.6 Å². The Kier molecular flexibility index (Phi) is 5.75. The maximum absolute atomic E-state index is 2.41. The van der Waals surface area contributed by atoms with Gasteiger partial charge in [-0.25, -0.2) is 0 Å². The molecule has 0 aliphatic rings. The van der Waals surface area contributed by atoms with E-state index in [1.54, 1.807) is 0 Å². The summed E-state index contributed by atoms with van der Waals surface area (Å²) in [6.07, 6.45) is 0. The van der Waals surface area contributed by atoms with E-state index < -0.39 is 0 Å². The van der Waals surface area contributed by atoms with Crippen LogP contribution in [0.15, 0.2) is 164 Å². The van der Waals surface area contributed by atoms with E-state index in [2.05, 4.69) is 169 Å². The van der Waals surface area contributed by atoms with Crippen LogP contribution in [0.3, 0.4) is 0 Å². The van der Waals surface area contributed by atoms with Gasteiger partial charge in [0.25, 0.3) is 0 Å². The van der Waals surface area contributed by atoms with Gasteiger partial charge in [-0.1, -0.05) is 127 Å². The standard InChI is InChI=1S/C42H27NS/c1-2-9-28(10-3-1)31-13-8-14-33(25-31)43(34-20-23-37-32(26-34)18-17-29-11-4-6-15-36(29)37)35-21-24-39-40-22-19-30-12-5-7-16-38(30)42(40)44-41(39)27-35/h1-27H. The van der Waals surface area contributed by atoms with Crippen LogP contribution < -0.4 is 4.90 Å². The second-order valence-corrected chi connectivity index (χ2v) is 12.4. The van der Waals surface area contributed by atoms with Crippen LogP contribution in [0, 0.1) is 0 Å². The predicted octanol–water partition coefficient (Wildman–Crippen LogP) is 12.7. The smallest absolute Gasteiger partial charge is 0.0476 e. The molecule has 0 N–H and O–H groups in total. The van der Waals surface area contributed by atoms with Gasteiger partial charge in [0.15, 0.2) is 0 Å². The van der Waals surface area contributed by atoms with Gasteiger partial charge in [0, 0.05) is 37.2 Å².